The highest BCUT2D eigenvalue weighted by Gasteiger charge is 2.13. The number of benzene rings is 1. The van der Waals surface area contributed by atoms with Crippen LogP contribution >= 0.6 is 11.3 Å². The number of thiazole rings is 1. The number of aromatic amines is 1. The predicted octanol–water partition coefficient (Wildman–Crippen LogP) is 1.97. The molecular weight excluding hydrogens is 330 g/mol. The molecule has 0 radical (unpaired) electrons. The summed E-state index contributed by atoms with van der Waals surface area (Å²) in [6.45, 7) is 2.30. The third-order valence-corrected chi connectivity index (χ3v) is 4.18. The van der Waals surface area contributed by atoms with Crippen LogP contribution in [0.25, 0.3) is 11.3 Å². The van der Waals surface area contributed by atoms with Crippen molar-refractivity contribution in [1.29, 1.82) is 0 Å². The first kappa shape index (κ1) is 17.9. The fourth-order valence-electron chi connectivity index (χ4n) is 2.27. The smallest absolute Gasteiger partial charge is 0.305 e. The highest BCUT2D eigenvalue weighted by atomic mass is 32.1. The Balaban J connectivity index is 2.23. The molecule has 24 heavy (non-hydrogen) atoms. The zero-order valence-corrected chi connectivity index (χ0v) is 14.3. The molecule has 8 heteroatoms. The van der Waals surface area contributed by atoms with Gasteiger partial charge < -0.3 is 20.3 Å². The predicted molar refractivity (Wildman–Crippen MR) is 93.3 cm³/mol. The highest BCUT2D eigenvalue weighted by Crippen LogP contribution is 2.26. The fraction of sp³-hybridized carbons (Fsp3) is 0.312. The summed E-state index contributed by atoms with van der Waals surface area (Å²) in [6.07, 6.45) is 0.0448. The second kappa shape index (κ2) is 7.89. The van der Waals surface area contributed by atoms with Gasteiger partial charge >= 0.3 is 10.8 Å². The molecule has 1 aromatic carbocycles. The van der Waals surface area contributed by atoms with Gasteiger partial charge in [-0.05, 0) is 19.2 Å². The molecule has 0 saturated carbocycles. The summed E-state index contributed by atoms with van der Waals surface area (Å²) < 4.78 is 0. The lowest BCUT2D eigenvalue weighted by atomic mass is 10.1. The molecule has 2 aromatic rings. The molecule has 128 valence electrons. The average molecular weight is 349 g/mol. The number of aromatic nitrogens is 1. The van der Waals surface area contributed by atoms with Gasteiger partial charge in [0.1, 0.15) is 0 Å². The SMILES string of the molecule is CC(=O)Nc1cccc(-c2[nH]c(=O)sc2CN(C)CCC(=O)O)c1. The second-order valence-electron chi connectivity index (χ2n) is 5.46. The number of nitrogens with one attached hydrogen (secondary N) is 2. The Morgan fingerprint density at radius 2 is 2.12 bits per heavy atom. The highest BCUT2D eigenvalue weighted by molar-refractivity contribution is 7.09. The van der Waals surface area contributed by atoms with Crippen LogP contribution in [-0.2, 0) is 16.1 Å². The van der Waals surface area contributed by atoms with E-state index in [2.05, 4.69) is 10.3 Å². The van der Waals surface area contributed by atoms with Crippen LogP contribution in [0.2, 0.25) is 0 Å². The average Bonchev–Trinajstić information content (AvgIpc) is 2.85. The third kappa shape index (κ3) is 5.04. The first-order chi connectivity index (χ1) is 11.3. The maximum atomic E-state index is 11.8. The molecular formula is C16H19N3O4S. The molecule has 0 atom stereocenters. The van der Waals surface area contributed by atoms with Gasteiger partial charge in [-0.3, -0.25) is 14.4 Å². The quantitative estimate of drug-likeness (QED) is 0.709. The molecule has 7 nitrogen and oxygen atoms in total. The normalized spacial score (nSPS) is 10.8. The molecule has 0 unspecified atom stereocenters. The lowest BCUT2D eigenvalue weighted by molar-refractivity contribution is -0.137. The van der Waals surface area contributed by atoms with E-state index in [1.54, 1.807) is 18.2 Å². The van der Waals surface area contributed by atoms with Crippen LogP contribution in [0.15, 0.2) is 29.1 Å². The van der Waals surface area contributed by atoms with E-state index in [1.807, 2.05) is 18.0 Å². The molecule has 0 fully saturated rings. The first-order valence-corrected chi connectivity index (χ1v) is 8.17. The zero-order valence-electron chi connectivity index (χ0n) is 13.5. The van der Waals surface area contributed by atoms with E-state index in [-0.39, 0.29) is 17.2 Å². The van der Waals surface area contributed by atoms with E-state index in [9.17, 15) is 14.4 Å². The van der Waals surface area contributed by atoms with Gasteiger partial charge in [-0.25, -0.2) is 0 Å². The number of H-pyrrole nitrogens is 1. The number of aliphatic carboxylic acids is 1. The maximum Gasteiger partial charge on any atom is 0.305 e. The van der Waals surface area contributed by atoms with E-state index in [4.69, 9.17) is 5.11 Å². The van der Waals surface area contributed by atoms with Crippen LogP contribution in [0.5, 0.6) is 0 Å². The van der Waals surface area contributed by atoms with E-state index in [1.165, 1.54) is 6.92 Å². The van der Waals surface area contributed by atoms with Crippen LogP contribution < -0.4 is 10.2 Å². The van der Waals surface area contributed by atoms with Crippen LogP contribution in [0.4, 0.5) is 5.69 Å². The molecule has 0 spiro atoms. The monoisotopic (exact) mass is 349 g/mol. The standard InChI is InChI=1S/C16H19N3O4S/c1-10(20)17-12-5-3-4-11(8-12)15-13(24-16(23)18-15)9-19(2)7-6-14(21)22/h3-5,8H,6-7,9H2,1-2H3,(H,17,20)(H,18,23)(H,21,22). The number of anilines is 1. The minimum Gasteiger partial charge on any atom is -0.481 e. The van der Waals surface area contributed by atoms with Gasteiger partial charge in [-0.1, -0.05) is 23.5 Å². The summed E-state index contributed by atoms with van der Waals surface area (Å²) in [5.74, 6) is -1.02. The largest absolute Gasteiger partial charge is 0.481 e. The van der Waals surface area contributed by atoms with E-state index in [0.29, 0.717) is 24.5 Å². The van der Waals surface area contributed by atoms with Gasteiger partial charge in [0, 0.05) is 36.1 Å². The molecule has 1 amide bonds. The summed E-state index contributed by atoms with van der Waals surface area (Å²) in [4.78, 5) is 38.9. The van der Waals surface area contributed by atoms with Crippen molar-refractivity contribution in [3.8, 4) is 11.3 Å². The molecule has 0 aliphatic carbocycles. The number of amides is 1. The van der Waals surface area contributed by atoms with Crippen molar-refractivity contribution in [3.05, 3.63) is 38.8 Å². The van der Waals surface area contributed by atoms with Crippen LogP contribution in [0, 0.1) is 0 Å². The summed E-state index contributed by atoms with van der Waals surface area (Å²) in [6, 6.07) is 7.22. The van der Waals surface area contributed by atoms with Crippen LogP contribution in [-0.4, -0.2) is 40.5 Å². The zero-order chi connectivity index (χ0) is 17.7. The van der Waals surface area contributed by atoms with E-state index in [0.717, 1.165) is 21.8 Å². The lowest BCUT2D eigenvalue weighted by Crippen LogP contribution is -2.21. The molecule has 1 aromatic heterocycles. The van der Waals surface area contributed by atoms with Crippen LogP contribution in [0.3, 0.4) is 0 Å². The molecule has 3 N–H and O–H groups in total. The van der Waals surface area contributed by atoms with Gasteiger partial charge in [-0.2, -0.15) is 0 Å². The number of carboxylic acids is 1. The first-order valence-electron chi connectivity index (χ1n) is 7.35. The summed E-state index contributed by atoms with van der Waals surface area (Å²) >= 11 is 1.10. The number of nitrogens with zero attached hydrogens (tertiary/aromatic N) is 1. The van der Waals surface area contributed by atoms with Crippen molar-refractivity contribution < 1.29 is 14.7 Å². The molecule has 1 heterocycles. The minimum absolute atomic E-state index is 0.0448. The van der Waals surface area contributed by atoms with E-state index >= 15 is 0 Å². The van der Waals surface area contributed by atoms with Gasteiger partial charge in [0.2, 0.25) is 5.91 Å². The van der Waals surface area contributed by atoms with Gasteiger partial charge in [0.25, 0.3) is 0 Å². The Kier molecular flexibility index (Phi) is 5.88. The lowest BCUT2D eigenvalue weighted by Gasteiger charge is -2.15. The molecule has 2 rings (SSSR count). The Bertz CT molecular complexity index is 797. The fourth-order valence-corrected chi connectivity index (χ4v) is 3.20. The molecule has 0 aliphatic rings. The van der Waals surface area contributed by atoms with Crippen molar-refractivity contribution in [1.82, 2.24) is 9.88 Å². The Morgan fingerprint density at radius 1 is 1.38 bits per heavy atom. The topological polar surface area (TPSA) is 103 Å². The number of carbonyl (C=O) groups is 2. The van der Waals surface area contributed by atoms with Crippen molar-refractivity contribution in [2.75, 3.05) is 18.9 Å². The van der Waals surface area contributed by atoms with Gasteiger partial charge in [0.05, 0.1) is 12.1 Å². The number of rotatable bonds is 7. The van der Waals surface area contributed by atoms with Crippen molar-refractivity contribution >= 4 is 28.9 Å². The van der Waals surface area contributed by atoms with Gasteiger partial charge in [0.15, 0.2) is 0 Å². The second-order valence-corrected chi connectivity index (χ2v) is 6.52. The summed E-state index contributed by atoms with van der Waals surface area (Å²) in [5.41, 5.74) is 2.14. The van der Waals surface area contributed by atoms with E-state index < -0.39 is 5.97 Å². The van der Waals surface area contributed by atoms with Crippen molar-refractivity contribution in [3.63, 3.8) is 0 Å². The number of hydrogen-bond donors (Lipinski definition) is 3. The molecule has 0 saturated heterocycles. The Morgan fingerprint density at radius 3 is 2.79 bits per heavy atom. The van der Waals surface area contributed by atoms with Crippen LogP contribution in [0.1, 0.15) is 18.2 Å². The van der Waals surface area contributed by atoms with Crippen molar-refractivity contribution in [2.24, 2.45) is 0 Å². The Labute approximate surface area is 142 Å². The number of carbonyl (C=O) groups excluding carboxylic acids is 1. The molecule has 0 aliphatic heterocycles. The summed E-state index contributed by atoms with van der Waals surface area (Å²) in [7, 11) is 1.81. The number of carboxylic acid groups (broad SMARTS) is 1. The van der Waals surface area contributed by atoms with Crippen molar-refractivity contribution in [2.45, 2.75) is 19.9 Å². The molecule has 0 bridgehead atoms. The summed E-state index contributed by atoms with van der Waals surface area (Å²) in [5, 5.41) is 11.5. The number of hydrogen-bond acceptors (Lipinski definition) is 5. The third-order valence-electron chi connectivity index (χ3n) is 3.31. The minimum atomic E-state index is -0.854. The maximum absolute atomic E-state index is 11.8. The Hall–Kier alpha value is -2.45. The van der Waals surface area contributed by atoms with Gasteiger partial charge in [-0.15, -0.1) is 0 Å².